The number of anilines is 1. The molecule has 0 saturated heterocycles. The van der Waals surface area contributed by atoms with E-state index in [0.717, 1.165) is 10.2 Å². The van der Waals surface area contributed by atoms with Gasteiger partial charge in [-0.05, 0) is 45.7 Å². The largest absolute Gasteiger partial charge is 0.483 e. The summed E-state index contributed by atoms with van der Waals surface area (Å²) in [5, 5.41) is 3.81. The molecule has 0 amide bonds. The lowest BCUT2D eigenvalue weighted by Crippen LogP contribution is -2.10. The van der Waals surface area contributed by atoms with Gasteiger partial charge in [-0.2, -0.15) is 4.98 Å². The minimum absolute atomic E-state index is 0.252. The van der Waals surface area contributed by atoms with E-state index in [1.165, 1.54) is 5.56 Å². The van der Waals surface area contributed by atoms with Gasteiger partial charge in [0.1, 0.15) is 5.75 Å². The third-order valence-corrected chi connectivity index (χ3v) is 2.92. The van der Waals surface area contributed by atoms with Crippen LogP contribution in [0.4, 0.5) is 5.95 Å². The molecule has 1 aromatic heterocycles. The van der Waals surface area contributed by atoms with Crippen molar-refractivity contribution in [1.29, 1.82) is 0 Å². The summed E-state index contributed by atoms with van der Waals surface area (Å²) < 4.78 is 11.6. The number of benzene rings is 1. The van der Waals surface area contributed by atoms with Gasteiger partial charge in [-0.25, -0.2) is 0 Å². The second-order valence-electron chi connectivity index (χ2n) is 4.11. The lowest BCUT2D eigenvalue weighted by molar-refractivity contribution is 0.241. The monoisotopic (exact) mass is 311 g/mol. The smallest absolute Gasteiger partial charge is 0.266 e. The Labute approximate surface area is 114 Å². The van der Waals surface area contributed by atoms with Crippen LogP contribution >= 0.6 is 15.9 Å². The molecule has 0 fully saturated rings. The van der Waals surface area contributed by atoms with Gasteiger partial charge in [0.05, 0.1) is 4.47 Å². The predicted octanol–water partition coefficient (Wildman–Crippen LogP) is 2.79. The first kappa shape index (κ1) is 12.9. The number of aryl methyl sites for hydroxylation is 1. The van der Waals surface area contributed by atoms with Crippen LogP contribution in [0, 0.1) is 6.92 Å². The number of hydrogen-bond acceptors (Lipinski definition) is 5. The quantitative estimate of drug-likeness (QED) is 0.869. The lowest BCUT2D eigenvalue weighted by atomic mass is 10.2. The van der Waals surface area contributed by atoms with Crippen molar-refractivity contribution in [2.45, 2.75) is 13.5 Å². The van der Waals surface area contributed by atoms with Gasteiger partial charge in [0.2, 0.25) is 0 Å². The maximum Gasteiger partial charge on any atom is 0.266 e. The summed E-state index contributed by atoms with van der Waals surface area (Å²) in [7, 11) is 3.71. The highest BCUT2D eigenvalue weighted by atomic mass is 79.9. The Morgan fingerprint density at radius 1 is 1.39 bits per heavy atom. The molecule has 0 N–H and O–H groups in total. The Bertz CT molecular complexity index is 540. The van der Waals surface area contributed by atoms with Crippen molar-refractivity contribution in [2.75, 3.05) is 19.0 Å². The van der Waals surface area contributed by atoms with Crippen LogP contribution in [0.2, 0.25) is 0 Å². The lowest BCUT2D eigenvalue weighted by Gasteiger charge is -2.06. The van der Waals surface area contributed by atoms with Crippen LogP contribution in [0.3, 0.4) is 0 Å². The van der Waals surface area contributed by atoms with Gasteiger partial charge in [0.15, 0.2) is 6.61 Å². The van der Waals surface area contributed by atoms with E-state index in [1.807, 2.05) is 39.2 Å². The van der Waals surface area contributed by atoms with Gasteiger partial charge >= 0.3 is 0 Å². The summed E-state index contributed by atoms with van der Waals surface area (Å²) in [6, 6.07) is 5.89. The molecule has 2 rings (SSSR count). The maximum atomic E-state index is 5.61. The highest BCUT2D eigenvalue weighted by Crippen LogP contribution is 2.26. The van der Waals surface area contributed by atoms with E-state index in [0.29, 0.717) is 11.8 Å². The molecule has 1 aromatic carbocycles. The Hall–Kier alpha value is -1.56. The zero-order chi connectivity index (χ0) is 13.1. The summed E-state index contributed by atoms with van der Waals surface area (Å²) in [5.41, 5.74) is 1.17. The number of ether oxygens (including phenoxy) is 1. The van der Waals surface area contributed by atoms with Gasteiger partial charge in [0, 0.05) is 14.1 Å². The minimum atomic E-state index is 0.252. The van der Waals surface area contributed by atoms with Crippen molar-refractivity contribution in [3.8, 4) is 5.75 Å². The molecule has 0 saturated carbocycles. The van der Waals surface area contributed by atoms with E-state index in [9.17, 15) is 0 Å². The minimum Gasteiger partial charge on any atom is -0.483 e. The average molecular weight is 312 g/mol. The van der Waals surface area contributed by atoms with Gasteiger partial charge in [-0.1, -0.05) is 6.07 Å². The highest BCUT2D eigenvalue weighted by Gasteiger charge is 2.09. The molecule has 0 aliphatic rings. The molecule has 18 heavy (non-hydrogen) atoms. The molecule has 0 spiro atoms. The fraction of sp³-hybridized carbons (Fsp3) is 0.333. The number of halogens is 1. The molecule has 2 aromatic rings. The number of rotatable bonds is 4. The van der Waals surface area contributed by atoms with Gasteiger partial charge < -0.3 is 14.2 Å². The van der Waals surface area contributed by atoms with Crippen LogP contribution in [0.25, 0.3) is 0 Å². The van der Waals surface area contributed by atoms with Crippen molar-refractivity contribution < 1.29 is 9.26 Å². The molecule has 5 nitrogen and oxygen atoms in total. The third-order valence-electron chi connectivity index (χ3n) is 2.30. The van der Waals surface area contributed by atoms with Crippen LogP contribution in [0.5, 0.6) is 5.75 Å². The highest BCUT2D eigenvalue weighted by molar-refractivity contribution is 9.10. The Morgan fingerprint density at radius 2 is 2.17 bits per heavy atom. The van der Waals surface area contributed by atoms with E-state index < -0.39 is 0 Å². The van der Waals surface area contributed by atoms with Crippen LogP contribution < -0.4 is 9.64 Å². The molecule has 0 atom stereocenters. The van der Waals surface area contributed by atoms with E-state index in [-0.39, 0.29) is 6.61 Å². The Balaban J connectivity index is 2.02. The average Bonchev–Trinajstić information content (AvgIpc) is 2.76. The van der Waals surface area contributed by atoms with Crippen LogP contribution in [0.1, 0.15) is 11.5 Å². The van der Waals surface area contributed by atoms with E-state index in [4.69, 9.17) is 9.26 Å². The van der Waals surface area contributed by atoms with Crippen molar-refractivity contribution in [3.63, 3.8) is 0 Å². The molecule has 96 valence electrons. The van der Waals surface area contributed by atoms with Crippen LogP contribution in [-0.2, 0) is 6.61 Å². The van der Waals surface area contributed by atoms with E-state index in [2.05, 4.69) is 26.1 Å². The van der Waals surface area contributed by atoms with Gasteiger partial charge in [-0.3, -0.25) is 0 Å². The summed E-state index contributed by atoms with van der Waals surface area (Å²) in [5.74, 6) is 1.74. The molecular formula is C12H14BrN3O2. The number of hydrogen-bond donors (Lipinski definition) is 0. The molecule has 1 heterocycles. The normalized spacial score (nSPS) is 10.4. The second kappa shape index (κ2) is 5.39. The third kappa shape index (κ3) is 3.01. The topological polar surface area (TPSA) is 51.4 Å². The van der Waals surface area contributed by atoms with Gasteiger partial charge in [-0.15, -0.1) is 0 Å². The fourth-order valence-corrected chi connectivity index (χ4v) is 1.96. The standard InChI is InChI=1S/C12H14BrN3O2/c1-8-4-5-10(9(13)6-8)17-7-11-14-12(15-18-11)16(2)3/h4-6H,7H2,1-3H3. The van der Waals surface area contributed by atoms with Crippen molar-refractivity contribution >= 4 is 21.9 Å². The number of nitrogens with zero attached hydrogens (tertiary/aromatic N) is 3. The van der Waals surface area contributed by atoms with Gasteiger partial charge in [0.25, 0.3) is 11.8 Å². The summed E-state index contributed by atoms with van der Waals surface area (Å²) in [6.45, 7) is 2.28. The SMILES string of the molecule is Cc1ccc(OCc2nc(N(C)C)no2)c(Br)c1. The first-order valence-electron chi connectivity index (χ1n) is 5.45. The van der Waals surface area contributed by atoms with E-state index in [1.54, 1.807) is 4.90 Å². The summed E-state index contributed by atoms with van der Waals surface area (Å²) in [6.07, 6.45) is 0. The molecular weight excluding hydrogens is 298 g/mol. The Morgan fingerprint density at radius 3 is 2.78 bits per heavy atom. The first-order chi connectivity index (χ1) is 8.56. The zero-order valence-electron chi connectivity index (χ0n) is 10.5. The predicted molar refractivity (Wildman–Crippen MR) is 71.8 cm³/mol. The van der Waals surface area contributed by atoms with Crippen molar-refractivity contribution in [3.05, 3.63) is 34.1 Å². The first-order valence-corrected chi connectivity index (χ1v) is 6.24. The molecule has 0 aliphatic heterocycles. The summed E-state index contributed by atoms with van der Waals surface area (Å²) >= 11 is 3.45. The molecule has 0 aliphatic carbocycles. The van der Waals surface area contributed by atoms with Crippen molar-refractivity contribution in [1.82, 2.24) is 10.1 Å². The number of aromatic nitrogens is 2. The molecule has 0 bridgehead atoms. The zero-order valence-corrected chi connectivity index (χ0v) is 12.1. The van der Waals surface area contributed by atoms with Crippen LogP contribution in [-0.4, -0.2) is 24.2 Å². The fourth-order valence-electron chi connectivity index (χ4n) is 1.35. The molecule has 0 unspecified atom stereocenters. The van der Waals surface area contributed by atoms with Crippen LogP contribution in [0.15, 0.2) is 27.2 Å². The summed E-state index contributed by atoms with van der Waals surface area (Å²) in [4.78, 5) is 5.95. The maximum absolute atomic E-state index is 5.61. The second-order valence-corrected chi connectivity index (χ2v) is 4.96. The molecule has 0 radical (unpaired) electrons. The van der Waals surface area contributed by atoms with Crippen molar-refractivity contribution in [2.24, 2.45) is 0 Å². The Kier molecular flexibility index (Phi) is 3.86. The molecule has 6 heteroatoms. The van der Waals surface area contributed by atoms with E-state index >= 15 is 0 Å².